The quantitative estimate of drug-likeness (QED) is 0.746. The van der Waals surface area contributed by atoms with E-state index in [1.807, 2.05) is 0 Å². The molecule has 7 nitrogen and oxygen atoms in total. The summed E-state index contributed by atoms with van der Waals surface area (Å²) in [7, 11) is -0.831. The van der Waals surface area contributed by atoms with Gasteiger partial charge in [-0.05, 0) is 30.3 Å². The van der Waals surface area contributed by atoms with Crippen molar-refractivity contribution in [3.05, 3.63) is 53.7 Å². The fourth-order valence-electron chi connectivity index (χ4n) is 2.11. The van der Waals surface area contributed by atoms with E-state index in [1.54, 1.807) is 0 Å². The second-order valence-corrected chi connectivity index (χ2v) is 8.02. The van der Waals surface area contributed by atoms with Crippen LogP contribution in [0.3, 0.4) is 0 Å². The van der Waals surface area contributed by atoms with Gasteiger partial charge in [0.05, 0.1) is 4.90 Å². The van der Waals surface area contributed by atoms with Gasteiger partial charge in [0.2, 0.25) is 15.9 Å². The van der Waals surface area contributed by atoms with E-state index in [-0.39, 0.29) is 28.4 Å². The lowest BCUT2D eigenvalue weighted by Gasteiger charge is -2.13. The van der Waals surface area contributed by atoms with Gasteiger partial charge < -0.3 is 10.1 Å². The first-order valence-electron chi connectivity index (χ1n) is 7.95. The molecule has 28 heavy (non-hydrogen) atoms. The predicted molar refractivity (Wildman–Crippen MR) is 94.3 cm³/mol. The highest BCUT2D eigenvalue weighted by atomic mass is 32.2. The third-order valence-electron chi connectivity index (χ3n) is 3.56. The molecule has 0 spiro atoms. The molecule has 0 saturated carbocycles. The van der Waals surface area contributed by atoms with E-state index in [0.29, 0.717) is 0 Å². The summed E-state index contributed by atoms with van der Waals surface area (Å²) in [5.41, 5.74) is 0.464. The molecule has 0 fully saturated rings. The Morgan fingerprint density at radius 2 is 1.82 bits per heavy atom. The number of rotatable bonds is 7. The number of benzene rings is 1. The van der Waals surface area contributed by atoms with Crippen molar-refractivity contribution in [1.82, 2.24) is 14.6 Å². The summed E-state index contributed by atoms with van der Waals surface area (Å²) in [4.78, 5) is 16.0. The van der Waals surface area contributed by atoms with Gasteiger partial charge in [0.15, 0.2) is 6.61 Å². The zero-order chi connectivity index (χ0) is 20.9. The van der Waals surface area contributed by atoms with Crippen molar-refractivity contribution >= 4 is 15.9 Å². The van der Waals surface area contributed by atoms with Crippen LogP contribution in [0.25, 0.3) is 0 Å². The maximum Gasteiger partial charge on any atom is 0.422 e. The Balaban J connectivity index is 2.05. The molecule has 11 heteroatoms. The number of alkyl halides is 3. The Hall–Kier alpha value is -2.66. The van der Waals surface area contributed by atoms with Crippen molar-refractivity contribution in [1.29, 1.82) is 0 Å². The van der Waals surface area contributed by atoms with Crippen LogP contribution < -0.4 is 10.1 Å². The maximum absolute atomic E-state index is 12.3. The molecule has 0 aliphatic rings. The number of hydrogen-bond donors (Lipinski definition) is 1. The number of carbonyl (C=O) groups excluding carboxylic acids is 1. The Labute approximate surface area is 160 Å². The van der Waals surface area contributed by atoms with Crippen LogP contribution in [-0.2, 0) is 16.6 Å². The van der Waals surface area contributed by atoms with Crippen LogP contribution in [0, 0.1) is 0 Å². The Morgan fingerprint density at radius 3 is 2.39 bits per heavy atom. The molecule has 0 bridgehead atoms. The standard InChI is InChI=1S/C17H18F3N3O4S/c1-23(2)28(25,26)14-7-5-12(6-8-14)15(24)22-10-13-4-3-9-21-16(13)27-11-17(18,19)20/h3-9H,10-11H2,1-2H3,(H,22,24). The van der Waals surface area contributed by atoms with Crippen LogP contribution in [0.2, 0.25) is 0 Å². The zero-order valence-electron chi connectivity index (χ0n) is 15.0. The summed E-state index contributed by atoms with van der Waals surface area (Å²) in [6.07, 6.45) is -3.23. The predicted octanol–water partition coefficient (Wildman–Crippen LogP) is 2.20. The van der Waals surface area contributed by atoms with E-state index in [2.05, 4.69) is 15.0 Å². The highest BCUT2D eigenvalue weighted by Crippen LogP contribution is 2.20. The zero-order valence-corrected chi connectivity index (χ0v) is 15.8. The first kappa shape index (κ1) is 21.6. The molecule has 1 heterocycles. The number of carbonyl (C=O) groups is 1. The fourth-order valence-corrected chi connectivity index (χ4v) is 3.01. The van der Waals surface area contributed by atoms with Gasteiger partial charge in [0, 0.05) is 38.0 Å². The molecule has 152 valence electrons. The number of amides is 1. The highest BCUT2D eigenvalue weighted by molar-refractivity contribution is 7.89. The Kier molecular flexibility index (Phi) is 6.62. The third kappa shape index (κ3) is 5.67. The van der Waals surface area contributed by atoms with Gasteiger partial charge in [-0.25, -0.2) is 17.7 Å². The van der Waals surface area contributed by atoms with Gasteiger partial charge in [-0.15, -0.1) is 0 Å². The van der Waals surface area contributed by atoms with E-state index >= 15 is 0 Å². The molecule has 2 rings (SSSR count). The molecule has 1 aromatic carbocycles. The van der Waals surface area contributed by atoms with Crippen LogP contribution in [0.4, 0.5) is 13.2 Å². The lowest BCUT2D eigenvalue weighted by Crippen LogP contribution is -2.25. The molecular formula is C17H18F3N3O4S. The number of halogens is 3. The Morgan fingerprint density at radius 1 is 1.18 bits per heavy atom. The number of nitrogens with one attached hydrogen (secondary N) is 1. The highest BCUT2D eigenvalue weighted by Gasteiger charge is 2.29. The molecular weight excluding hydrogens is 399 g/mol. The van der Waals surface area contributed by atoms with Gasteiger partial charge in [0.1, 0.15) is 0 Å². The summed E-state index contributed by atoms with van der Waals surface area (Å²) >= 11 is 0. The van der Waals surface area contributed by atoms with Gasteiger partial charge in [0.25, 0.3) is 5.91 Å². The van der Waals surface area contributed by atoms with E-state index in [4.69, 9.17) is 0 Å². The van der Waals surface area contributed by atoms with Gasteiger partial charge in [-0.2, -0.15) is 13.2 Å². The summed E-state index contributed by atoms with van der Waals surface area (Å²) in [6, 6.07) is 8.26. The van der Waals surface area contributed by atoms with E-state index in [9.17, 15) is 26.4 Å². The summed E-state index contributed by atoms with van der Waals surface area (Å²) in [6.45, 7) is -1.61. The number of nitrogens with zero attached hydrogens (tertiary/aromatic N) is 2. The molecule has 0 unspecified atom stereocenters. The Bertz CT molecular complexity index is 929. The largest absolute Gasteiger partial charge is 0.468 e. The van der Waals surface area contributed by atoms with Crippen molar-refractivity contribution in [2.75, 3.05) is 20.7 Å². The minimum atomic E-state index is -4.51. The van der Waals surface area contributed by atoms with E-state index in [0.717, 1.165) is 4.31 Å². The number of pyridine rings is 1. The van der Waals surface area contributed by atoms with Gasteiger partial charge in [-0.1, -0.05) is 6.07 Å². The molecule has 1 aromatic heterocycles. The second-order valence-electron chi connectivity index (χ2n) is 5.87. The van der Waals surface area contributed by atoms with Crippen molar-refractivity contribution < 1.29 is 31.1 Å². The lowest BCUT2D eigenvalue weighted by molar-refractivity contribution is -0.154. The number of aromatic nitrogens is 1. The summed E-state index contributed by atoms with van der Waals surface area (Å²) in [5.74, 6) is -0.757. The number of hydrogen-bond acceptors (Lipinski definition) is 5. The third-order valence-corrected chi connectivity index (χ3v) is 5.39. The smallest absolute Gasteiger partial charge is 0.422 e. The molecule has 1 amide bonds. The second kappa shape index (κ2) is 8.57. The monoisotopic (exact) mass is 417 g/mol. The van der Waals surface area contributed by atoms with Crippen LogP contribution >= 0.6 is 0 Å². The molecule has 0 aliphatic carbocycles. The minimum absolute atomic E-state index is 0.0316. The van der Waals surface area contributed by atoms with Crippen molar-refractivity contribution in [2.45, 2.75) is 17.6 Å². The van der Waals surface area contributed by atoms with Crippen LogP contribution in [0.15, 0.2) is 47.5 Å². The average Bonchev–Trinajstić information content (AvgIpc) is 2.64. The van der Waals surface area contributed by atoms with Crippen molar-refractivity contribution in [2.24, 2.45) is 0 Å². The molecule has 1 N–H and O–H groups in total. The maximum atomic E-state index is 12.3. The van der Waals surface area contributed by atoms with Crippen LogP contribution in [0.5, 0.6) is 5.88 Å². The summed E-state index contributed by atoms with van der Waals surface area (Å²) in [5, 5.41) is 2.53. The first-order valence-corrected chi connectivity index (χ1v) is 9.39. The minimum Gasteiger partial charge on any atom is -0.468 e. The fraction of sp³-hybridized carbons (Fsp3) is 0.294. The van der Waals surface area contributed by atoms with Gasteiger partial charge in [-0.3, -0.25) is 4.79 Å². The van der Waals surface area contributed by atoms with E-state index in [1.165, 1.54) is 56.7 Å². The topological polar surface area (TPSA) is 88.6 Å². The van der Waals surface area contributed by atoms with Crippen LogP contribution in [-0.4, -0.2) is 50.5 Å². The molecule has 2 aromatic rings. The normalized spacial score (nSPS) is 12.1. The summed E-state index contributed by atoms with van der Waals surface area (Å²) < 4.78 is 66.7. The number of ether oxygens (including phenoxy) is 1. The molecule has 0 radical (unpaired) electrons. The first-order chi connectivity index (χ1) is 13.0. The lowest BCUT2D eigenvalue weighted by atomic mass is 10.2. The SMILES string of the molecule is CN(C)S(=O)(=O)c1ccc(C(=O)NCc2cccnc2OCC(F)(F)F)cc1. The van der Waals surface area contributed by atoms with Crippen molar-refractivity contribution in [3.8, 4) is 5.88 Å². The molecule has 0 saturated heterocycles. The van der Waals surface area contributed by atoms with Crippen molar-refractivity contribution in [3.63, 3.8) is 0 Å². The molecule has 0 aliphatic heterocycles. The number of sulfonamides is 1. The van der Waals surface area contributed by atoms with Crippen LogP contribution in [0.1, 0.15) is 15.9 Å². The molecule has 0 atom stereocenters. The van der Waals surface area contributed by atoms with E-state index < -0.39 is 28.7 Å². The van der Waals surface area contributed by atoms with Gasteiger partial charge >= 0.3 is 6.18 Å². The average molecular weight is 417 g/mol.